The SMILES string of the molecule is CC(O)c1ccc2c(c1)C(=O)N(C)C(=O)C2. The van der Waals surface area contributed by atoms with E-state index < -0.39 is 6.10 Å². The summed E-state index contributed by atoms with van der Waals surface area (Å²) in [5.41, 5.74) is 1.94. The molecule has 84 valence electrons. The highest BCUT2D eigenvalue weighted by Gasteiger charge is 2.28. The highest BCUT2D eigenvalue weighted by molar-refractivity contribution is 6.09. The Labute approximate surface area is 93.5 Å². The molecule has 0 aromatic heterocycles. The van der Waals surface area contributed by atoms with Gasteiger partial charge in [-0.1, -0.05) is 12.1 Å². The number of hydrogen-bond acceptors (Lipinski definition) is 3. The van der Waals surface area contributed by atoms with Gasteiger partial charge in [-0.05, 0) is 24.1 Å². The van der Waals surface area contributed by atoms with Crippen LogP contribution in [0.2, 0.25) is 0 Å². The molecule has 1 aliphatic rings. The van der Waals surface area contributed by atoms with Crippen LogP contribution in [0.1, 0.15) is 34.5 Å². The van der Waals surface area contributed by atoms with E-state index in [1.54, 1.807) is 25.1 Å². The molecule has 0 saturated carbocycles. The fourth-order valence-electron chi connectivity index (χ4n) is 1.78. The summed E-state index contributed by atoms with van der Waals surface area (Å²) in [5, 5.41) is 9.44. The number of aliphatic hydroxyl groups excluding tert-OH is 1. The van der Waals surface area contributed by atoms with Crippen LogP contribution in [-0.4, -0.2) is 28.9 Å². The quantitative estimate of drug-likeness (QED) is 0.714. The second-order valence-electron chi connectivity index (χ2n) is 4.03. The molecule has 0 spiro atoms. The van der Waals surface area contributed by atoms with Crippen LogP contribution in [0.4, 0.5) is 0 Å². The summed E-state index contributed by atoms with van der Waals surface area (Å²) >= 11 is 0. The van der Waals surface area contributed by atoms with Crippen LogP contribution in [0.5, 0.6) is 0 Å². The van der Waals surface area contributed by atoms with E-state index in [4.69, 9.17) is 0 Å². The molecule has 2 rings (SSSR count). The topological polar surface area (TPSA) is 57.6 Å². The van der Waals surface area contributed by atoms with E-state index in [0.29, 0.717) is 11.1 Å². The molecule has 0 aliphatic carbocycles. The Morgan fingerprint density at radius 1 is 1.38 bits per heavy atom. The van der Waals surface area contributed by atoms with Gasteiger partial charge in [-0.25, -0.2) is 0 Å². The van der Waals surface area contributed by atoms with Gasteiger partial charge in [0.25, 0.3) is 5.91 Å². The van der Waals surface area contributed by atoms with Crippen molar-refractivity contribution in [2.75, 3.05) is 7.05 Å². The van der Waals surface area contributed by atoms with Gasteiger partial charge in [0.1, 0.15) is 0 Å². The van der Waals surface area contributed by atoms with Crippen LogP contribution >= 0.6 is 0 Å². The zero-order valence-electron chi connectivity index (χ0n) is 9.23. The van der Waals surface area contributed by atoms with Crippen molar-refractivity contribution in [2.45, 2.75) is 19.4 Å². The van der Waals surface area contributed by atoms with E-state index in [2.05, 4.69) is 0 Å². The standard InChI is InChI=1S/C12H13NO3/c1-7(14)8-3-4-9-6-11(15)13(2)12(16)10(9)5-8/h3-5,7,14H,6H2,1-2H3. The number of likely N-dealkylation sites (N-methyl/N-ethyl adjacent to an activating group) is 1. The van der Waals surface area contributed by atoms with Crippen molar-refractivity contribution in [3.63, 3.8) is 0 Å². The summed E-state index contributed by atoms with van der Waals surface area (Å²) < 4.78 is 0. The largest absolute Gasteiger partial charge is 0.389 e. The van der Waals surface area contributed by atoms with Crippen molar-refractivity contribution in [2.24, 2.45) is 0 Å². The molecule has 1 aliphatic heterocycles. The Hall–Kier alpha value is -1.68. The van der Waals surface area contributed by atoms with Crippen molar-refractivity contribution in [1.82, 2.24) is 4.90 Å². The van der Waals surface area contributed by atoms with Gasteiger partial charge in [0.15, 0.2) is 0 Å². The zero-order valence-corrected chi connectivity index (χ0v) is 9.23. The minimum atomic E-state index is -0.610. The Kier molecular flexibility index (Phi) is 2.52. The highest BCUT2D eigenvalue weighted by atomic mass is 16.3. The number of benzene rings is 1. The third-order valence-corrected chi connectivity index (χ3v) is 2.87. The van der Waals surface area contributed by atoms with E-state index in [0.717, 1.165) is 10.5 Å². The zero-order chi connectivity index (χ0) is 11.9. The summed E-state index contributed by atoms with van der Waals surface area (Å²) in [6.45, 7) is 1.64. The van der Waals surface area contributed by atoms with Gasteiger partial charge < -0.3 is 5.11 Å². The van der Waals surface area contributed by atoms with Gasteiger partial charge in [0.2, 0.25) is 5.91 Å². The fourth-order valence-corrected chi connectivity index (χ4v) is 1.78. The number of aliphatic hydroxyl groups is 1. The first-order valence-corrected chi connectivity index (χ1v) is 5.12. The van der Waals surface area contributed by atoms with E-state index in [1.165, 1.54) is 7.05 Å². The Balaban J connectivity index is 2.51. The van der Waals surface area contributed by atoms with Crippen LogP contribution < -0.4 is 0 Å². The second-order valence-corrected chi connectivity index (χ2v) is 4.03. The number of carbonyl (C=O) groups is 2. The fraction of sp³-hybridized carbons (Fsp3) is 0.333. The molecule has 16 heavy (non-hydrogen) atoms. The lowest BCUT2D eigenvalue weighted by Crippen LogP contribution is -2.39. The number of fused-ring (bicyclic) bond motifs is 1. The van der Waals surface area contributed by atoms with E-state index in [-0.39, 0.29) is 18.2 Å². The first-order valence-electron chi connectivity index (χ1n) is 5.12. The number of imide groups is 1. The lowest BCUT2D eigenvalue weighted by molar-refractivity contribution is -0.127. The minimum absolute atomic E-state index is 0.192. The summed E-state index contributed by atoms with van der Waals surface area (Å²) in [6.07, 6.45) is -0.362. The van der Waals surface area contributed by atoms with Gasteiger partial charge in [-0.15, -0.1) is 0 Å². The van der Waals surface area contributed by atoms with Gasteiger partial charge >= 0.3 is 0 Å². The molecule has 1 heterocycles. The van der Waals surface area contributed by atoms with E-state index >= 15 is 0 Å². The minimum Gasteiger partial charge on any atom is -0.389 e. The third-order valence-electron chi connectivity index (χ3n) is 2.87. The maximum atomic E-state index is 11.8. The van der Waals surface area contributed by atoms with E-state index in [9.17, 15) is 14.7 Å². The number of rotatable bonds is 1. The first-order chi connectivity index (χ1) is 7.50. The monoisotopic (exact) mass is 219 g/mol. The molecular weight excluding hydrogens is 206 g/mol. The van der Waals surface area contributed by atoms with Crippen LogP contribution in [0.15, 0.2) is 18.2 Å². The molecule has 2 amide bonds. The maximum Gasteiger partial charge on any atom is 0.260 e. The molecule has 0 radical (unpaired) electrons. The molecule has 0 fully saturated rings. The highest BCUT2D eigenvalue weighted by Crippen LogP contribution is 2.23. The van der Waals surface area contributed by atoms with Crippen molar-refractivity contribution in [3.05, 3.63) is 34.9 Å². The molecule has 4 heteroatoms. The van der Waals surface area contributed by atoms with Gasteiger partial charge in [0, 0.05) is 12.6 Å². The molecule has 4 nitrogen and oxygen atoms in total. The van der Waals surface area contributed by atoms with Crippen molar-refractivity contribution < 1.29 is 14.7 Å². The molecule has 1 unspecified atom stereocenters. The number of nitrogens with zero attached hydrogens (tertiary/aromatic N) is 1. The Bertz CT molecular complexity index is 465. The summed E-state index contributed by atoms with van der Waals surface area (Å²) in [6, 6.07) is 5.14. The second kappa shape index (κ2) is 3.72. The average Bonchev–Trinajstić information content (AvgIpc) is 2.25. The molecule has 1 aromatic rings. The number of amides is 2. The van der Waals surface area contributed by atoms with Crippen molar-refractivity contribution >= 4 is 11.8 Å². The number of hydrogen-bond donors (Lipinski definition) is 1. The lowest BCUT2D eigenvalue weighted by atomic mass is 9.95. The predicted octanol–water partition coefficient (Wildman–Crippen LogP) is 0.895. The van der Waals surface area contributed by atoms with Crippen LogP contribution in [0.25, 0.3) is 0 Å². The third kappa shape index (κ3) is 1.61. The molecule has 0 bridgehead atoms. The van der Waals surface area contributed by atoms with Gasteiger partial charge in [0.05, 0.1) is 12.5 Å². The molecule has 0 saturated heterocycles. The maximum absolute atomic E-state index is 11.8. The molecule has 1 aromatic carbocycles. The summed E-state index contributed by atoms with van der Waals surface area (Å²) in [5.74, 6) is -0.490. The molecule has 1 atom stereocenters. The van der Waals surface area contributed by atoms with Gasteiger partial charge in [-0.2, -0.15) is 0 Å². The Morgan fingerprint density at radius 3 is 2.69 bits per heavy atom. The average molecular weight is 219 g/mol. The van der Waals surface area contributed by atoms with Crippen LogP contribution in [-0.2, 0) is 11.2 Å². The Morgan fingerprint density at radius 2 is 2.06 bits per heavy atom. The van der Waals surface area contributed by atoms with Crippen LogP contribution in [0, 0.1) is 0 Å². The smallest absolute Gasteiger partial charge is 0.260 e. The lowest BCUT2D eigenvalue weighted by Gasteiger charge is -2.23. The van der Waals surface area contributed by atoms with Gasteiger partial charge in [-0.3, -0.25) is 14.5 Å². The summed E-state index contributed by atoms with van der Waals surface area (Å²) in [4.78, 5) is 24.4. The van der Waals surface area contributed by atoms with Crippen molar-refractivity contribution in [1.29, 1.82) is 0 Å². The molecule has 1 N–H and O–H groups in total. The van der Waals surface area contributed by atoms with E-state index in [1.807, 2.05) is 0 Å². The first kappa shape index (κ1) is 10.8. The normalized spacial score (nSPS) is 17.3. The number of carbonyl (C=O) groups excluding carboxylic acids is 2. The van der Waals surface area contributed by atoms with Crippen LogP contribution in [0.3, 0.4) is 0 Å². The molecular formula is C12H13NO3. The van der Waals surface area contributed by atoms with Crippen molar-refractivity contribution in [3.8, 4) is 0 Å². The summed E-state index contributed by atoms with van der Waals surface area (Å²) in [7, 11) is 1.47. The predicted molar refractivity (Wildman–Crippen MR) is 57.9 cm³/mol.